The molecule has 1 aliphatic carbocycles. The number of rotatable bonds is 2. The van der Waals surface area contributed by atoms with Crippen LogP contribution in [0.3, 0.4) is 0 Å². The highest BCUT2D eigenvalue weighted by Gasteiger charge is 2.23. The lowest BCUT2D eigenvalue weighted by Gasteiger charge is -2.27. The second-order valence-corrected chi connectivity index (χ2v) is 3.72. The van der Waals surface area contributed by atoms with Crippen LogP contribution in [0.15, 0.2) is 0 Å². The Morgan fingerprint density at radius 2 is 2.17 bits per heavy atom. The zero-order valence-corrected chi connectivity index (χ0v) is 8.51. The summed E-state index contributed by atoms with van der Waals surface area (Å²) in [4.78, 5) is 11.0. The van der Waals surface area contributed by atoms with E-state index in [4.69, 9.17) is 0 Å². The summed E-state index contributed by atoms with van der Waals surface area (Å²) in [6.07, 6.45) is 3.54. The van der Waals surface area contributed by atoms with E-state index < -0.39 is 0 Å². The SMILES string of the molecule is O=C(CBr)N[C@@H]1CCCC[C@H]1O. The van der Waals surface area contributed by atoms with Crippen molar-refractivity contribution in [2.75, 3.05) is 5.33 Å². The number of nitrogens with one attached hydrogen (secondary N) is 1. The quantitative estimate of drug-likeness (QED) is 0.697. The monoisotopic (exact) mass is 235 g/mol. The van der Waals surface area contributed by atoms with Gasteiger partial charge in [-0.3, -0.25) is 4.79 Å². The van der Waals surface area contributed by atoms with Crippen molar-refractivity contribution in [3.05, 3.63) is 0 Å². The Morgan fingerprint density at radius 1 is 1.50 bits per heavy atom. The zero-order chi connectivity index (χ0) is 8.97. The Balaban J connectivity index is 2.33. The lowest BCUT2D eigenvalue weighted by Crippen LogP contribution is -2.45. The van der Waals surface area contributed by atoms with Gasteiger partial charge in [0.15, 0.2) is 0 Å². The van der Waals surface area contributed by atoms with Crippen LogP contribution in [-0.4, -0.2) is 28.5 Å². The summed E-state index contributed by atoms with van der Waals surface area (Å²) >= 11 is 3.07. The maximum absolute atomic E-state index is 11.0. The average Bonchev–Trinajstić information content (AvgIpc) is 2.09. The molecule has 0 unspecified atom stereocenters. The van der Waals surface area contributed by atoms with Gasteiger partial charge >= 0.3 is 0 Å². The number of alkyl halides is 1. The van der Waals surface area contributed by atoms with E-state index in [0.717, 1.165) is 25.7 Å². The van der Waals surface area contributed by atoms with Crippen LogP contribution in [0.2, 0.25) is 0 Å². The summed E-state index contributed by atoms with van der Waals surface area (Å²) in [5.74, 6) is -0.0408. The normalized spacial score (nSPS) is 29.8. The van der Waals surface area contributed by atoms with Crippen molar-refractivity contribution >= 4 is 21.8 Å². The molecule has 0 aromatic heterocycles. The molecule has 0 heterocycles. The zero-order valence-electron chi connectivity index (χ0n) is 6.92. The maximum Gasteiger partial charge on any atom is 0.230 e. The Morgan fingerprint density at radius 3 is 2.75 bits per heavy atom. The molecule has 0 bridgehead atoms. The number of hydrogen-bond donors (Lipinski definition) is 2. The number of hydrogen-bond acceptors (Lipinski definition) is 2. The molecule has 70 valence electrons. The Labute approximate surface area is 80.7 Å². The minimum absolute atomic E-state index is 0.0243. The molecule has 0 aromatic rings. The van der Waals surface area contributed by atoms with E-state index in [1.54, 1.807) is 0 Å². The summed E-state index contributed by atoms with van der Waals surface area (Å²) in [7, 11) is 0. The number of carbonyl (C=O) groups is 1. The van der Waals surface area contributed by atoms with E-state index in [1.807, 2.05) is 0 Å². The van der Waals surface area contributed by atoms with Gasteiger partial charge in [-0.2, -0.15) is 0 Å². The van der Waals surface area contributed by atoms with Gasteiger partial charge in [0, 0.05) is 0 Å². The molecule has 0 aliphatic heterocycles. The van der Waals surface area contributed by atoms with Gasteiger partial charge in [-0.1, -0.05) is 28.8 Å². The minimum atomic E-state index is -0.346. The predicted octanol–water partition coefficient (Wildman–Crippen LogP) is 0.801. The second kappa shape index (κ2) is 4.82. The van der Waals surface area contributed by atoms with Crippen LogP contribution >= 0.6 is 15.9 Å². The van der Waals surface area contributed by atoms with Gasteiger partial charge < -0.3 is 10.4 Å². The van der Waals surface area contributed by atoms with Crippen LogP contribution in [0.5, 0.6) is 0 Å². The van der Waals surface area contributed by atoms with E-state index in [2.05, 4.69) is 21.2 Å². The number of halogens is 1. The maximum atomic E-state index is 11.0. The predicted molar refractivity (Wildman–Crippen MR) is 50.2 cm³/mol. The third-order valence-electron chi connectivity index (χ3n) is 2.20. The van der Waals surface area contributed by atoms with Crippen molar-refractivity contribution in [1.82, 2.24) is 5.32 Å². The first-order valence-electron chi connectivity index (χ1n) is 4.27. The molecular formula is C8H14BrNO2. The summed E-state index contributed by atoms with van der Waals surface area (Å²) in [5, 5.41) is 12.6. The third-order valence-corrected chi connectivity index (χ3v) is 2.71. The first-order chi connectivity index (χ1) is 5.74. The molecule has 0 saturated heterocycles. The van der Waals surface area contributed by atoms with Gasteiger partial charge in [0.05, 0.1) is 17.5 Å². The first-order valence-corrected chi connectivity index (χ1v) is 5.39. The number of aliphatic hydroxyl groups is 1. The molecule has 1 aliphatic rings. The summed E-state index contributed by atoms with van der Waals surface area (Å²) < 4.78 is 0. The van der Waals surface area contributed by atoms with E-state index in [-0.39, 0.29) is 18.1 Å². The molecule has 3 nitrogen and oxygen atoms in total. The van der Waals surface area contributed by atoms with Crippen molar-refractivity contribution in [2.45, 2.75) is 37.8 Å². The average molecular weight is 236 g/mol. The van der Waals surface area contributed by atoms with Crippen molar-refractivity contribution in [3.63, 3.8) is 0 Å². The smallest absolute Gasteiger partial charge is 0.230 e. The Hall–Kier alpha value is -0.0900. The van der Waals surface area contributed by atoms with Crippen LogP contribution in [0, 0.1) is 0 Å². The van der Waals surface area contributed by atoms with Crippen molar-refractivity contribution in [3.8, 4) is 0 Å². The summed E-state index contributed by atoms with van der Waals surface area (Å²) in [6, 6.07) is -0.0243. The van der Waals surface area contributed by atoms with Crippen molar-refractivity contribution in [1.29, 1.82) is 0 Å². The fraction of sp³-hybridized carbons (Fsp3) is 0.875. The van der Waals surface area contributed by atoms with E-state index in [1.165, 1.54) is 0 Å². The molecule has 0 spiro atoms. The number of aliphatic hydroxyl groups excluding tert-OH is 1. The highest BCUT2D eigenvalue weighted by Crippen LogP contribution is 2.18. The molecule has 2 N–H and O–H groups in total. The molecular weight excluding hydrogens is 222 g/mol. The summed E-state index contributed by atoms with van der Waals surface area (Å²) in [6.45, 7) is 0. The highest BCUT2D eigenvalue weighted by atomic mass is 79.9. The van der Waals surface area contributed by atoms with Gasteiger partial charge in [-0.25, -0.2) is 0 Å². The second-order valence-electron chi connectivity index (χ2n) is 3.16. The van der Waals surface area contributed by atoms with Crippen LogP contribution < -0.4 is 5.32 Å². The third kappa shape index (κ3) is 2.75. The van der Waals surface area contributed by atoms with E-state index in [9.17, 15) is 9.90 Å². The standard InChI is InChI=1S/C8H14BrNO2/c9-5-8(12)10-6-3-1-2-4-7(6)11/h6-7,11H,1-5H2,(H,10,12)/t6-,7-/m1/s1. The molecule has 1 amide bonds. The molecule has 12 heavy (non-hydrogen) atoms. The van der Waals surface area contributed by atoms with E-state index in [0.29, 0.717) is 5.33 Å². The van der Waals surface area contributed by atoms with Gasteiger partial charge in [-0.05, 0) is 12.8 Å². The van der Waals surface area contributed by atoms with Crippen molar-refractivity contribution < 1.29 is 9.90 Å². The molecule has 1 fully saturated rings. The number of amides is 1. The van der Waals surface area contributed by atoms with Crippen molar-refractivity contribution in [2.24, 2.45) is 0 Å². The molecule has 4 heteroatoms. The van der Waals surface area contributed by atoms with Gasteiger partial charge in [0.25, 0.3) is 0 Å². The lowest BCUT2D eigenvalue weighted by atomic mass is 9.93. The Bertz CT molecular complexity index is 163. The molecule has 0 radical (unpaired) electrons. The topological polar surface area (TPSA) is 49.3 Å². The van der Waals surface area contributed by atoms with Gasteiger partial charge in [0.1, 0.15) is 0 Å². The Kier molecular flexibility index (Phi) is 4.01. The lowest BCUT2D eigenvalue weighted by molar-refractivity contribution is -0.120. The van der Waals surface area contributed by atoms with Crippen LogP contribution in [0.25, 0.3) is 0 Å². The molecule has 1 rings (SSSR count). The van der Waals surface area contributed by atoms with Crippen LogP contribution in [0.1, 0.15) is 25.7 Å². The van der Waals surface area contributed by atoms with Gasteiger partial charge in [-0.15, -0.1) is 0 Å². The highest BCUT2D eigenvalue weighted by molar-refractivity contribution is 9.09. The van der Waals surface area contributed by atoms with Crippen LogP contribution in [0.4, 0.5) is 0 Å². The molecule has 1 saturated carbocycles. The minimum Gasteiger partial charge on any atom is -0.391 e. The first kappa shape index (κ1) is 9.99. The number of carbonyl (C=O) groups excluding carboxylic acids is 1. The largest absolute Gasteiger partial charge is 0.391 e. The van der Waals surface area contributed by atoms with Gasteiger partial charge in [0.2, 0.25) is 5.91 Å². The van der Waals surface area contributed by atoms with E-state index >= 15 is 0 Å². The molecule has 2 atom stereocenters. The fourth-order valence-corrected chi connectivity index (χ4v) is 1.69. The van der Waals surface area contributed by atoms with Crippen LogP contribution in [-0.2, 0) is 4.79 Å². The fourth-order valence-electron chi connectivity index (χ4n) is 1.53. The molecule has 0 aromatic carbocycles. The summed E-state index contributed by atoms with van der Waals surface area (Å²) in [5.41, 5.74) is 0.